The van der Waals surface area contributed by atoms with Gasteiger partial charge in [0.05, 0.1) is 6.04 Å². The number of para-hydroxylation sites is 1. The monoisotopic (exact) mass is 382 g/mol. The topological polar surface area (TPSA) is 76.7 Å². The van der Waals surface area contributed by atoms with Crippen LogP contribution in [0.4, 0.5) is 10.5 Å². The summed E-state index contributed by atoms with van der Waals surface area (Å²) >= 11 is 0. The maximum absolute atomic E-state index is 12.4. The molecule has 0 aromatic heterocycles. The van der Waals surface area contributed by atoms with Gasteiger partial charge in [-0.25, -0.2) is 4.79 Å². The molecule has 1 amide bonds. The van der Waals surface area contributed by atoms with Crippen molar-refractivity contribution in [3.63, 3.8) is 0 Å². The van der Waals surface area contributed by atoms with E-state index >= 15 is 0 Å². The average molecular weight is 382 g/mol. The summed E-state index contributed by atoms with van der Waals surface area (Å²) in [6.45, 7) is 9.12. The molecule has 28 heavy (non-hydrogen) atoms. The highest BCUT2D eigenvalue weighted by atomic mass is 16.8. The van der Waals surface area contributed by atoms with Gasteiger partial charge >= 0.3 is 6.16 Å². The SMILES string of the molecule is C=C(CC(NOC(=O)OC(C)(C)C)c1ccccc1)C(=O)Nc1ccccc1. The predicted octanol–water partition coefficient (Wildman–Crippen LogP) is 4.77. The Labute approximate surface area is 165 Å². The average Bonchev–Trinajstić information content (AvgIpc) is 2.65. The predicted molar refractivity (Wildman–Crippen MR) is 108 cm³/mol. The third kappa shape index (κ3) is 7.25. The van der Waals surface area contributed by atoms with E-state index in [0.29, 0.717) is 11.3 Å². The molecule has 6 nitrogen and oxygen atoms in total. The molecule has 0 spiro atoms. The zero-order valence-corrected chi connectivity index (χ0v) is 16.4. The molecular weight excluding hydrogens is 356 g/mol. The maximum Gasteiger partial charge on any atom is 0.528 e. The highest BCUT2D eigenvalue weighted by Crippen LogP contribution is 2.22. The number of ether oxygens (including phenoxy) is 1. The smallest absolute Gasteiger partial charge is 0.427 e. The Morgan fingerprint density at radius 1 is 1.00 bits per heavy atom. The fourth-order valence-electron chi connectivity index (χ4n) is 2.38. The lowest BCUT2D eigenvalue weighted by atomic mass is 10.00. The second-order valence-electron chi connectivity index (χ2n) is 7.28. The minimum atomic E-state index is -0.840. The molecule has 0 fully saturated rings. The number of benzene rings is 2. The third-order valence-corrected chi connectivity index (χ3v) is 3.68. The van der Waals surface area contributed by atoms with Gasteiger partial charge in [-0.2, -0.15) is 0 Å². The highest BCUT2D eigenvalue weighted by Gasteiger charge is 2.22. The van der Waals surface area contributed by atoms with Gasteiger partial charge in [-0.3, -0.25) is 4.79 Å². The van der Waals surface area contributed by atoms with Crippen LogP contribution in [0.15, 0.2) is 72.8 Å². The number of hydroxylamine groups is 1. The van der Waals surface area contributed by atoms with Crippen LogP contribution in [0.25, 0.3) is 0 Å². The molecule has 0 radical (unpaired) electrons. The second kappa shape index (κ2) is 9.71. The first-order chi connectivity index (χ1) is 13.2. The summed E-state index contributed by atoms with van der Waals surface area (Å²) in [5.41, 5.74) is 3.90. The largest absolute Gasteiger partial charge is 0.528 e. The van der Waals surface area contributed by atoms with E-state index in [1.165, 1.54) is 0 Å². The molecule has 2 N–H and O–H groups in total. The molecule has 0 heterocycles. The van der Waals surface area contributed by atoms with E-state index in [2.05, 4.69) is 17.4 Å². The van der Waals surface area contributed by atoms with Crippen LogP contribution in [-0.2, 0) is 14.4 Å². The molecule has 0 aliphatic carbocycles. The van der Waals surface area contributed by atoms with Crippen LogP contribution in [0.5, 0.6) is 0 Å². The van der Waals surface area contributed by atoms with E-state index in [1.54, 1.807) is 32.9 Å². The number of nitrogens with one attached hydrogen (secondary N) is 2. The zero-order chi connectivity index (χ0) is 20.6. The Morgan fingerprint density at radius 2 is 1.57 bits per heavy atom. The second-order valence-corrected chi connectivity index (χ2v) is 7.28. The van der Waals surface area contributed by atoms with E-state index < -0.39 is 17.8 Å². The van der Waals surface area contributed by atoms with Crippen LogP contribution >= 0.6 is 0 Å². The van der Waals surface area contributed by atoms with Crippen molar-refractivity contribution in [2.75, 3.05) is 5.32 Å². The first-order valence-electron chi connectivity index (χ1n) is 8.99. The van der Waals surface area contributed by atoms with Gasteiger partial charge in [0.1, 0.15) is 5.60 Å². The van der Waals surface area contributed by atoms with Crippen LogP contribution < -0.4 is 10.8 Å². The number of hydrogen-bond acceptors (Lipinski definition) is 5. The van der Waals surface area contributed by atoms with Gasteiger partial charge in [0.25, 0.3) is 5.91 Å². The molecule has 2 rings (SSSR count). The van der Waals surface area contributed by atoms with Crippen LogP contribution in [-0.4, -0.2) is 17.7 Å². The number of carbonyl (C=O) groups excluding carboxylic acids is 2. The van der Waals surface area contributed by atoms with E-state index in [4.69, 9.17) is 9.57 Å². The molecule has 0 saturated carbocycles. The Hall–Kier alpha value is -3.12. The van der Waals surface area contributed by atoms with Crippen molar-refractivity contribution in [1.82, 2.24) is 5.48 Å². The van der Waals surface area contributed by atoms with Crippen molar-refractivity contribution in [2.24, 2.45) is 0 Å². The van der Waals surface area contributed by atoms with Gasteiger partial charge in [-0.1, -0.05) is 55.1 Å². The molecule has 0 aliphatic heterocycles. The molecule has 6 heteroatoms. The summed E-state index contributed by atoms with van der Waals surface area (Å²) in [5.74, 6) is -0.300. The summed E-state index contributed by atoms with van der Waals surface area (Å²) < 4.78 is 5.13. The summed E-state index contributed by atoms with van der Waals surface area (Å²) in [5, 5.41) is 2.80. The lowest BCUT2D eigenvalue weighted by molar-refractivity contribution is -0.113. The summed E-state index contributed by atoms with van der Waals surface area (Å²) in [7, 11) is 0. The Balaban J connectivity index is 2.02. The van der Waals surface area contributed by atoms with Crippen molar-refractivity contribution in [3.8, 4) is 0 Å². The number of carbonyl (C=O) groups is 2. The summed E-state index contributed by atoms with van der Waals surface area (Å²) in [6, 6.07) is 18.0. The van der Waals surface area contributed by atoms with Crippen molar-refractivity contribution in [2.45, 2.75) is 38.8 Å². The summed E-state index contributed by atoms with van der Waals surface area (Å²) in [6.07, 6.45) is -0.598. The highest BCUT2D eigenvalue weighted by molar-refractivity contribution is 6.03. The van der Waals surface area contributed by atoms with Crippen LogP contribution in [0.3, 0.4) is 0 Å². The molecule has 1 atom stereocenters. The number of rotatable bonds is 7. The molecule has 0 bridgehead atoms. The molecule has 2 aromatic rings. The molecule has 148 valence electrons. The van der Waals surface area contributed by atoms with E-state index in [-0.39, 0.29) is 12.3 Å². The van der Waals surface area contributed by atoms with Crippen molar-refractivity contribution < 1.29 is 19.2 Å². The molecule has 0 aliphatic rings. The standard InChI is InChI=1S/C22H26N2O4/c1-16(20(25)23-18-13-9-6-10-14-18)15-19(17-11-7-5-8-12-17)24-28-21(26)27-22(2,3)4/h5-14,19,24H,1,15H2,2-4H3,(H,23,25). The quantitative estimate of drug-likeness (QED) is 0.410. The van der Waals surface area contributed by atoms with Gasteiger partial charge in [-0.15, -0.1) is 5.48 Å². The Bertz CT molecular complexity index is 798. The van der Waals surface area contributed by atoms with E-state index in [9.17, 15) is 9.59 Å². The lowest BCUT2D eigenvalue weighted by Crippen LogP contribution is -2.31. The van der Waals surface area contributed by atoms with Gasteiger partial charge < -0.3 is 14.9 Å². The Kier molecular flexibility index (Phi) is 7.35. The van der Waals surface area contributed by atoms with E-state index in [1.807, 2.05) is 48.5 Å². The minimum absolute atomic E-state index is 0.242. The van der Waals surface area contributed by atoms with Crippen molar-refractivity contribution >= 4 is 17.7 Å². The van der Waals surface area contributed by atoms with Gasteiger partial charge in [-0.05, 0) is 44.9 Å². The van der Waals surface area contributed by atoms with Gasteiger partial charge in [0, 0.05) is 11.3 Å². The molecule has 1 unspecified atom stereocenters. The normalized spacial score (nSPS) is 12.0. The minimum Gasteiger partial charge on any atom is -0.427 e. The van der Waals surface area contributed by atoms with Gasteiger partial charge in [0.2, 0.25) is 0 Å². The lowest BCUT2D eigenvalue weighted by Gasteiger charge is -2.22. The first-order valence-corrected chi connectivity index (χ1v) is 8.99. The molecule has 0 saturated heterocycles. The zero-order valence-electron chi connectivity index (χ0n) is 16.4. The van der Waals surface area contributed by atoms with Crippen LogP contribution in [0.1, 0.15) is 38.8 Å². The maximum atomic E-state index is 12.4. The molecular formula is C22H26N2O4. The van der Waals surface area contributed by atoms with Crippen molar-refractivity contribution in [1.29, 1.82) is 0 Å². The van der Waals surface area contributed by atoms with E-state index in [0.717, 1.165) is 5.56 Å². The van der Waals surface area contributed by atoms with Crippen LogP contribution in [0.2, 0.25) is 0 Å². The Morgan fingerprint density at radius 3 is 2.14 bits per heavy atom. The van der Waals surface area contributed by atoms with Crippen molar-refractivity contribution in [3.05, 3.63) is 78.4 Å². The summed E-state index contributed by atoms with van der Waals surface area (Å²) in [4.78, 5) is 29.3. The van der Waals surface area contributed by atoms with Crippen LogP contribution in [0, 0.1) is 0 Å². The number of anilines is 1. The fraction of sp³-hybridized carbons (Fsp3) is 0.273. The molecule has 2 aromatic carbocycles. The number of amides is 1. The third-order valence-electron chi connectivity index (χ3n) is 3.68. The van der Waals surface area contributed by atoms with Gasteiger partial charge in [0.15, 0.2) is 0 Å². The number of hydrogen-bond donors (Lipinski definition) is 2. The first kappa shape index (κ1) is 21.2. The fourth-order valence-corrected chi connectivity index (χ4v) is 2.38.